The lowest BCUT2D eigenvalue weighted by molar-refractivity contribution is 0.255. The predicted octanol–water partition coefficient (Wildman–Crippen LogP) is 1.51. The highest BCUT2D eigenvalue weighted by Crippen LogP contribution is 2.10. The summed E-state index contributed by atoms with van der Waals surface area (Å²) in [5.74, 6) is 1.10. The molecule has 0 fully saturated rings. The minimum Gasteiger partial charge on any atom is -0.467 e. The molecule has 0 aliphatic heterocycles. The Morgan fingerprint density at radius 1 is 1.67 bits per heavy atom. The molecule has 0 atom stereocenters. The quantitative estimate of drug-likeness (QED) is 0.720. The topological polar surface area (TPSA) is 48.2 Å². The second kappa shape index (κ2) is 3.36. The summed E-state index contributed by atoms with van der Waals surface area (Å²) in [4.78, 5) is 7.71. The summed E-state index contributed by atoms with van der Waals surface area (Å²) >= 11 is 1.36. The van der Waals surface area contributed by atoms with E-state index in [1.165, 1.54) is 17.6 Å². The summed E-state index contributed by atoms with van der Waals surface area (Å²) in [7, 11) is 0. The van der Waals surface area contributed by atoms with Crippen LogP contribution in [0.4, 0.5) is 0 Å². The van der Waals surface area contributed by atoms with E-state index in [1.807, 2.05) is 0 Å². The molecule has 1 radical (unpaired) electrons. The molecule has 0 aliphatic carbocycles. The van der Waals surface area contributed by atoms with Crippen LogP contribution in [0.2, 0.25) is 0 Å². The van der Waals surface area contributed by atoms with E-state index in [-0.39, 0.29) is 0 Å². The standard InChI is InChI=1S/C7H5N2O2S/c1-2-10-6(8-1)3-11-7-4-12-5-9-7/h1-2,4H,3H2. The third-order valence-electron chi connectivity index (χ3n) is 1.20. The number of thiazole rings is 1. The SMILES string of the molecule is [c]1nc(OCc2ncco2)cs1. The molecular weight excluding hydrogens is 176 g/mol. The van der Waals surface area contributed by atoms with Gasteiger partial charge < -0.3 is 9.15 Å². The number of ether oxygens (including phenoxy) is 1. The zero-order valence-electron chi connectivity index (χ0n) is 6.06. The van der Waals surface area contributed by atoms with Crippen LogP contribution >= 0.6 is 11.3 Å². The number of rotatable bonds is 3. The zero-order valence-corrected chi connectivity index (χ0v) is 6.87. The van der Waals surface area contributed by atoms with E-state index < -0.39 is 0 Å². The van der Waals surface area contributed by atoms with Crippen LogP contribution in [0.3, 0.4) is 0 Å². The average molecular weight is 181 g/mol. The molecule has 0 saturated carbocycles. The van der Waals surface area contributed by atoms with Crippen molar-refractivity contribution >= 4 is 11.3 Å². The Morgan fingerprint density at radius 3 is 3.33 bits per heavy atom. The van der Waals surface area contributed by atoms with Gasteiger partial charge in [0.1, 0.15) is 6.26 Å². The Hall–Kier alpha value is -1.36. The van der Waals surface area contributed by atoms with E-state index in [2.05, 4.69) is 15.5 Å². The summed E-state index contributed by atoms with van der Waals surface area (Å²) in [5, 5.41) is 1.77. The molecule has 12 heavy (non-hydrogen) atoms. The summed E-state index contributed by atoms with van der Waals surface area (Å²) < 4.78 is 10.2. The molecule has 0 unspecified atom stereocenters. The Balaban J connectivity index is 1.91. The normalized spacial score (nSPS) is 10.0. The Morgan fingerprint density at radius 2 is 2.67 bits per heavy atom. The van der Waals surface area contributed by atoms with Crippen LogP contribution in [0.5, 0.6) is 5.88 Å². The van der Waals surface area contributed by atoms with Crippen molar-refractivity contribution in [3.63, 3.8) is 0 Å². The number of hydrogen-bond acceptors (Lipinski definition) is 5. The van der Waals surface area contributed by atoms with E-state index in [0.29, 0.717) is 18.4 Å². The maximum Gasteiger partial charge on any atom is 0.232 e. The molecule has 2 rings (SSSR count). The highest BCUT2D eigenvalue weighted by Gasteiger charge is 1.99. The van der Waals surface area contributed by atoms with Crippen LogP contribution in [0.25, 0.3) is 0 Å². The maximum absolute atomic E-state index is 5.20. The van der Waals surface area contributed by atoms with Crippen molar-refractivity contribution in [3.8, 4) is 5.88 Å². The van der Waals surface area contributed by atoms with Crippen molar-refractivity contribution in [3.05, 3.63) is 29.2 Å². The highest BCUT2D eigenvalue weighted by molar-refractivity contribution is 7.07. The third kappa shape index (κ3) is 1.62. The predicted molar refractivity (Wildman–Crippen MR) is 41.8 cm³/mol. The first kappa shape index (κ1) is 7.30. The molecule has 2 aromatic rings. The van der Waals surface area contributed by atoms with Gasteiger partial charge >= 0.3 is 0 Å². The molecule has 61 valence electrons. The van der Waals surface area contributed by atoms with Gasteiger partial charge in [0.25, 0.3) is 0 Å². The number of aromatic nitrogens is 2. The summed E-state index contributed by atoms with van der Waals surface area (Å²) in [6, 6.07) is 0. The van der Waals surface area contributed by atoms with Crippen molar-refractivity contribution in [1.82, 2.24) is 9.97 Å². The van der Waals surface area contributed by atoms with Gasteiger partial charge in [0.2, 0.25) is 11.8 Å². The van der Waals surface area contributed by atoms with Crippen molar-refractivity contribution in [2.24, 2.45) is 0 Å². The van der Waals surface area contributed by atoms with Gasteiger partial charge in [0.15, 0.2) is 12.1 Å². The Bertz CT molecular complexity index is 283. The molecule has 0 amide bonds. The van der Waals surface area contributed by atoms with E-state index >= 15 is 0 Å². The van der Waals surface area contributed by atoms with Gasteiger partial charge in [0.05, 0.1) is 11.6 Å². The van der Waals surface area contributed by atoms with E-state index in [9.17, 15) is 0 Å². The highest BCUT2D eigenvalue weighted by atomic mass is 32.1. The summed E-state index contributed by atoms with van der Waals surface area (Å²) in [5.41, 5.74) is 2.68. The fourth-order valence-corrected chi connectivity index (χ4v) is 1.12. The van der Waals surface area contributed by atoms with Gasteiger partial charge in [-0.05, 0) is 0 Å². The molecule has 2 heterocycles. The lowest BCUT2D eigenvalue weighted by Gasteiger charge is -1.96. The molecular formula is C7H5N2O2S. The first-order valence-corrected chi connectivity index (χ1v) is 4.16. The molecule has 4 nitrogen and oxygen atoms in total. The lowest BCUT2D eigenvalue weighted by Crippen LogP contribution is -1.94. The van der Waals surface area contributed by atoms with E-state index in [1.54, 1.807) is 11.6 Å². The molecule has 0 bridgehead atoms. The number of oxazole rings is 1. The van der Waals surface area contributed by atoms with Crippen molar-refractivity contribution in [2.75, 3.05) is 0 Å². The molecule has 0 N–H and O–H groups in total. The molecule has 0 aromatic carbocycles. The fourth-order valence-electron chi connectivity index (χ4n) is 0.701. The van der Waals surface area contributed by atoms with Crippen LogP contribution in [-0.4, -0.2) is 9.97 Å². The van der Waals surface area contributed by atoms with Crippen LogP contribution in [-0.2, 0) is 6.61 Å². The van der Waals surface area contributed by atoms with Crippen molar-refractivity contribution in [2.45, 2.75) is 6.61 Å². The first-order chi connectivity index (χ1) is 5.95. The molecule has 0 spiro atoms. The lowest BCUT2D eigenvalue weighted by atomic mass is 10.7. The summed E-state index contributed by atoms with van der Waals surface area (Å²) in [6.07, 6.45) is 3.08. The van der Waals surface area contributed by atoms with Crippen molar-refractivity contribution < 1.29 is 9.15 Å². The Kier molecular flexibility index (Phi) is 2.04. The summed E-state index contributed by atoms with van der Waals surface area (Å²) in [6.45, 7) is 0.310. The van der Waals surface area contributed by atoms with Gasteiger partial charge in [0, 0.05) is 0 Å². The van der Waals surface area contributed by atoms with E-state index in [0.717, 1.165) is 0 Å². The largest absolute Gasteiger partial charge is 0.467 e. The number of nitrogens with zero attached hydrogens (tertiary/aromatic N) is 2. The Labute approximate surface area is 72.8 Å². The maximum atomic E-state index is 5.20. The second-order valence-corrected chi connectivity index (χ2v) is 2.65. The zero-order chi connectivity index (χ0) is 8.23. The van der Waals surface area contributed by atoms with Gasteiger partial charge in [-0.15, -0.1) is 11.3 Å². The van der Waals surface area contributed by atoms with Crippen LogP contribution in [0.1, 0.15) is 5.89 Å². The monoisotopic (exact) mass is 181 g/mol. The molecule has 5 heteroatoms. The minimum absolute atomic E-state index is 0.310. The average Bonchev–Trinajstić information content (AvgIpc) is 2.74. The smallest absolute Gasteiger partial charge is 0.232 e. The fraction of sp³-hybridized carbons (Fsp3) is 0.143. The van der Waals surface area contributed by atoms with Gasteiger partial charge in [-0.1, -0.05) is 0 Å². The number of hydrogen-bond donors (Lipinski definition) is 0. The van der Waals surface area contributed by atoms with Gasteiger partial charge in [-0.25, -0.2) is 4.98 Å². The molecule has 0 aliphatic rings. The van der Waals surface area contributed by atoms with Crippen LogP contribution < -0.4 is 4.74 Å². The van der Waals surface area contributed by atoms with Gasteiger partial charge in [-0.2, -0.15) is 4.98 Å². The van der Waals surface area contributed by atoms with Crippen LogP contribution in [0.15, 0.2) is 22.3 Å². The van der Waals surface area contributed by atoms with E-state index in [4.69, 9.17) is 9.15 Å². The minimum atomic E-state index is 0.310. The first-order valence-electron chi connectivity index (χ1n) is 3.28. The third-order valence-corrected chi connectivity index (χ3v) is 1.71. The molecule has 2 aromatic heterocycles. The second-order valence-electron chi connectivity index (χ2n) is 1.99. The molecule has 0 saturated heterocycles. The van der Waals surface area contributed by atoms with Gasteiger partial charge in [-0.3, -0.25) is 0 Å². The van der Waals surface area contributed by atoms with Crippen LogP contribution in [0, 0.1) is 5.51 Å². The van der Waals surface area contributed by atoms with Crippen molar-refractivity contribution in [1.29, 1.82) is 0 Å².